The molecule has 0 spiro atoms. The molecule has 0 saturated carbocycles. The Bertz CT molecular complexity index is 750. The van der Waals surface area contributed by atoms with Crippen LogP contribution in [0.15, 0.2) is 42.5 Å². The van der Waals surface area contributed by atoms with E-state index >= 15 is 0 Å². The average molecular weight is 363 g/mol. The van der Waals surface area contributed by atoms with Gasteiger partial charge in [0, 0.05) is 16.4 Å². The van der Waals surface area contributed by atoms with Crippen LogP contribution < -0.4 is 10.6 Å². The maximum absolute atomic E-state index is 12.0. The molecule has 2 amide bonds. The number of hydrogen-bond donors (Lipinski definition) is 2. The molecule has 2 rings (SSSR count). The molecule has 0 bridgehead atoms. The standard InChI is InChI=1S/C18H19ClN2O2S/c1-12-6-7-16(13(2)8-12)21-18(23)11-24-10-17(22)20-15-5-3-4-14(19)9-15/h3-9H,10-11H2,1-2H3,(H,20,22)(H,21,23). The van der Waals surface area contributed by atoms with Crippen molar-refractivity contribution in [1.29, 1.82) is 0 Å². The highest BCUT2D eigenvalue weighted by Gasteiger charge is 2.08. The molecule has 0 heterocycles. The van der Waals surface area contributed by atoms with E-state index < -0.39 is 0 Å². The van der Waals surface area contributed by atoms with Crippen molar-refractivity contribution in [2.75, 3.05) is 22.1 Å². The second-order valence-electron chi connectivity index (χ2n) is 5.42. The van der Waals surface area contributed by atoms with Crippen LogP contribution in [0.1, 0.15) is 11.1 Å². The topological polar surface area (TPSA) is 58.2 Å². The van der Waals surface area contributed by atoms with Crippen LogP contribution in [-0.4, -0.2) is 23.3 Å². The van der Waals surface area contributed by atoms with E-state index in [2.05, 4.69) is 10.6 Å². The van der Waals surface area contributed by atoms with Gasteiger partial charge in [-0.3, -0.25) is 9.59 Å². The summed E-state index contributed by atoms with van der Waals surface area (Å²) in [6.45, 7) is 3.96. The Hall–Kier alpha value is -1.98. The Morgan fingerprint density at radius 1 is 1.00 bits per heavy atom. The van der Waals surface area contributed by atoms with E-state index in [1.165, 1.54) is 11.8 Å². The number of hydrogen-bond acceptors (Lipinski definition) is 3. The van der Waals surface area contributed by atoms with Gasteiger partial charge in [0.05, 0.1) is 11.5 Å². The van der Waals surface area contributed by atoms with Crippen molar-refractivity contribution in [3.8, 4) is 0 Å². The molecule has 0 atom stereocenters. The van der Waals surface area contributed by atoms with E-state index in [0.29, 0.717) is 10.7 Å². The fourth-order valence-corrected chi connectivity index (χ4v) is 2.95. The van der Waals surface area contributed by atoms with Gasteiger partial charge in [0.25, 0.3) is 0 Å². The summed E-state index contributed by atoms with van der Waals surface area (Å²) in [5.74, 6) is 0.132. The van der Waals surface area contributed by atoms with Crippen molar-refractivity contribution in [2.24, 2.45) is 0 Å². The van der Waals surface area contributed by atoms with Crippen molar-refractivity contribution < 1.29 is 9.59 Å². The number of nitrogens with one attached hydrogen (secondary N) is 2. The molecule has 2 aromatic rings. The maximum atomic E-state index is 12.0. The number of thioether (sulfide) groups is 1. The largest absolute Gasteiger partial charge is 0.325 e. The number of benzene rings is 2. The number of carbonyl (C=O) groups is 2. The molecule has 0 unspecified atom stereocenters. The summed E-state index contributed by atoms with van der Waals surface area (Å²) in [6, 6.07) is 12.8. The lowest BCUT2D eigenvalue weighted by Crippen LogP contribution is -2.18. The zero-order chi connectivity index (χ0) is 17.5. The highest BCUT2D eigenvalue weighted by molar-refractivity contribution is 8.00. The minimum atomic E-state index is -0.165. The van der Waals surface area contributed by atoms with Crippen LogP contribution in [0.3, 0.4) is 0 Å². The highest BCUT2D eigenvalue weighted by Crippen LogP contribution is 2.17. The molecule has 0 radical (unpaired) electrons. The van der Waals surface area contributed by atoms with Gasteiger partial charge in [0.2, 0.25) is 11.8 Å². The minimum absolute atomic E-state index is 0.123. The van der Waals surface area contributed by atoms with Crippen LogP contribution in [0.4, 0.5) is 11.4 Å². The Kier molecular flexibility index (Phi) is 6.70. The van der Waals surface area contributed by atoms with Gasteiger partial charge in [0.15, 0.2) is 0 Å². The van der Waals surface area contributed by atoms with E-state index in [9.17, 15) is 9.59 Å². The molecule has 0 aromatic heterocycles. The first kappa shape index (κ1) is 18.4. The lowest BCUT2D eigenvalue weighted by Gasteiger charge is -2.09. The van der Waals surface area contributed by atoms with E-state index in [0.717, 1.165) is 16.8 Å². The van der Waals surface area contributed by atoms with E-state index in [1.807, 2.05) is 32.0 Å². The lowest BCUT2D eigenvalue weighted by molar-refractivity contribution is -0.114. The zero-order valence-electron chi connectivity index (χ0n) is 13.6. The van der Waals surface area contributed by atoms with Crippen molar-refractivity contribution in [2.45, 2.75) is 13.8 Å². The number of rotatable bonds is 6. The molecule has 0 aliphatic rings. The molecule has 6 heteroatoms. The second-order valence-corrected chi connectivity index (χ2v) is 6.84. The summed E-state index contributed by atoms with van der Waals surface area (Å²) < 4.78 is 0. The first-order chi connectivity index (χ1) is 11.4. The van der Waals surface area contributed by atoms with Gasteiger partial charge in [-0.05, 0) is 43.7 Å². The van der Waals surface area contributed by atoms with Crippen molar-refractivity contribution in [3.05, 3.63) is 58.6 Å². The summed E-state index contributed by atoms with van der Waals surface area (Å²) in [7, 11) is 0. The zero-order valence-corrected chi connectivity index (χ0v) is 15.1. The van der Waals surface area contributed by atoms with Gasteiger partial charge in [0.1, 0.15) is 0 Å². The maximum Gasteiger partial charge on any atom is 0.234 e. The summed E-state index contributed by atoms with van der Waals surface area (Å²) in [6.07, 6.45) is 0. The van der Waals surface area contributed by atoms with E-state index in [4.69, 9.17) is 11.6 Å². The van der Waals surface area contributed by atoms with Gasteiger partial charge in [-0.2, -0.15) is 0 Å². The third-order valence-corrected chi connectivity index (χ3v) is 4.40. The number of anilines is 2. The number of halogens is 1. The number of amides is 2. The summed E-state index contributed by atoms with van der Waals surface area (Å²) in [4.78, 5) is 23.8. The molecule has 4 nitrogen and oxygen atoms in total. The minimum Gasteiger partial charge on any atom is -0.325 e. The number of aryl methyl sites for hydroxylation is 2. The van der Waals surface area contributed by atoms with Crippen LogP contribution in [0, 0.1) is 13.8 Å². The first-order valence-corrected chi connectivity index (χ1v) is 8.97. The Balaban J connectivity index is 1.75. The Morgan fingerprint density at radius 3 is 2.38 bits per heavy atom. The third kappa shape index (κ3) is 5.91. The van der Waals surface area contributed by atoms with Gasteiger partial charge in [-0.1, -0.05) is 35.4 Å². The summed E-state index contributed by atoms with van der Waals surface area (Å²) >= 11 is 7.13. The lowest BCUT2D eigenvalue weighted by atomic mass is 10.1. The normalized spacial score (nSPS) is 10.3. The molecule has 0 aliphatic carbocycles. The van der Waals surface area contributed by atoms with Gasteiger partial charge in [-0.25, -0.2) is 0 Å². The predicted octanol–water partition coefficient (Wildman–Crippen LogP) is 4.27. The second kappa shape index (κ2) is 8.76. The van der Waals surface area contributed by atoms with Crippen molar-refractivity contribution in [1.82, 2.24) is 0 Å². The summed E-state index contributed by atoms with van der Waals surface area (Å²) in [5.41, 5.74) is 3.62. The predicted molar refractivity (Wildman–Crippen MR) is 102 cm³/mol. The van der Waals surface area contributed by atoms with E-state index in [1.54, 1.807) is 24.3 Å². The van der Waals surface area contributed by atoms with Gasteiger partial charge in [-0.15, -0.1) is 11.8 Å². The highest BCUT2D eigenvalue weighted by atomic mass is 35.5. The molecule has 0 fully saturated rings. The van der Waals surface area contributed by atoms with Crippen LogP contribution in [0.25, 0.3) is 0 Å². The summed E-state index contributed by atoms with van der Waals surface area (Å²) in [5, 5.41) is 6.17. The quantitative estimate of drug-likeness (QED) is 0.806. The number of carbonyl (C=O) groups excluding carboxylic acids is 2. The molecule has 0 saturated heterocycles. The Labute approximate surface area is 151 Å². The van der Waals surface area contributed by atoms with Crippen LogP contribution in [-0.2, 0) is 9.59 Å². The molecular formula is C18H19ClN2O2S. The molecule has 2 N–H and O–H groups in total. The average Bonchev–Trinajstić information content (AvgIpc) is 2.50. The van der Waals surface area contributed by atoms with Gasteiger partial charge >= 0.3 is 0 Å². The van der Waals surface area contributed by atoms with Crippen LogP contribution in [0.5, 0.6) is 0 Å². The monoisotopic (exact) mass is 362 g/mol. The molecule has 0 aliphatic heterocycles. The fraction of sp³-hybridized carbons (Fsp3) is 0.222. The van der Waals surface area contributed by atoms with Crippen molar-refractivity contribution in [3.63, 3.8) is 0 Å². The van der Waals surface area contributed by atoms with E-state index in [-0.39, 0.29) is 23.3 Å². The van der Waals surface area contributed by atoms with Gasteiger partial charge < -0.3 is 10.6 Å². The first-order valence-electron chi connectivity index (χ1n) is 7.44. The molecule has 126 valence electrons. The smallest absolute Gasteiger partial charge is 0.234 e. The van der Waals surface area contributed by atoms with Crippen molar-refractivity contribution >= 4 is 46.6 Å². The molecule has 24 heavy (non-hydrogen) atoms. The third-order valence-electron chi connectivity index (χ3n) is 3.23. The Morgan fingerprint density at radius 2 is 1.71 bits per heavy atom. The van der Waals surface area contributed by atoms with Crippen LogP contribution in [0.2, 0.25) is 5.02 Å². The molecular weight excluding hydrogens is 344 g/mol. The SMILES string of the molecule is Cc1ccc(NC(=O)CSCC(=O)Nc2cccc(Cl)c2)c(C)c1. The fourth-order valence-electron chi connectivity index (χ4n) is 2.14. The van der Waals surface area contributed by atoms with Crippen LogP contribution >= 0.6 is 23.4 Å². The molecule has 2 aromatic carbocycles.